The summed E-state index contributed by atoms with van der Waals surface area (Å²) >= 11 is 12.4. The van der Waals surface area contributed by atoms with Gasteiger partial charge in [0.2, 0.25) is 0 Å². The Morgan fingerprint density at radius 2 is 1.86 bits per heavy atom. The Kier molecular flexibility index (Phi) is 8.22. The zero-order valence-electron chi connectivity index (χ0n) is 15.8. The first-order chi connectivity index (χ1) is 13.4. The topological polar surface area (TPSA) is 76.7 Å². The van der Waals surface area contributed by atoms with Crippen molar-refractivity contribution < 1.29 is 19.1 Å². The van der Waals surface area contributed by atoms with E-state index >= 15 is 0 Å². The number of ether oxygens (including phenoxy) is 2. The van der Waals surface area contributed by atoms with Crippen LogP contribution in [0.1, 0.15) is 45.0 Å². The number of nitrogens with one attached hydrogen (secondary N) is 2. The summed E-state index contributed by atoms with van der Waals surface area (Å²) in [5, 5.41) is 7.42. The fourth-order valence-electron chi connectivity index (χ4n) is 2.42. The van der Waals surface area contributed by atoms with Crippen LogP contribution in [0.5, 0.6) is 0 Å². The lowest BCUT2D eigenvalue weighted by atomic mass is 10.1. The van der Waals surface area contributed by atoms with E-state index in [0.29, 0.717) is 32.1 Å². The van der Waals surface area contributed by atoms with Crippen LogP contribution in [-0.2, 0) is 16.0 Å². The molecule has 0 aliphatic heterocycles. The van der Waals surface area contributed by atoms with E-state index in [9.17, 15) is 9.59 Å². The van der Waals surface area contributed by atoms with Gasteiger partial charge in [0.1, 0.15) is 9.88 Å². The summed E-state index contributed by atoms with van der Waals surface area (Å²) in [6.45, 7) is 6.04. The number of hydrogen-bond donors (Lipinski definition) is 2. The van der Waals surface area contributed by atoms with Crippen molar-refractivity contribution in [3.63, 3.8) is 0 Å². The van der Waals surface area contributed by atoms with E-state index in [1.165, 1.54) is 0 Å². The second kappa shape index (κ2) is 10.4. The molecule has 0 fully saturated rings. The van der Waals surface area contributed by atoms with Crippen molar-refractivity contribution >= 4 is 57.2 Å². The molecule has 1 heterocycles. The number of rotatable bonds is 7. The van der Waals surface area contributed by atoms with E-state index in [4.69, 9.17) is 33.3 Å². The van der Waals surface area contributed by atoms with Crippen LogP contribution in [0.15, 0.2) is 24.3 Å². The Morgan fingerprint density at radius 3 is 2.50 bits per heavy atom. The highest BCUT2D eigenvalue weighted by Gasteiger charge is 2.26. The SMILES string of the molecule is CCOC(=O)c1sc(NC(=S)NCc2cccc(Cl)c2)c(C(=O)OCC)c1C. The molecule has 2 aromatic rings. The predicted molar refractivity (Wildman–Crippen MR) is 115 cm³/mol. The van der Waals surface area contributed by atoms with E-state index in [1.807, 2.05) is 18.2 Å². The van der Waals surface area contributed by atoms with Gasteiger partial charge in [-0.15, -0.1) is 11.3 Å². The number of carbonyl (C=O) groups excluding carboxylic acids is 2. The standard InChI is InChI=1S/C19H21ClN2O4S2/c1-4-25-17(23)14-11(3)15(18(24)26-5-2)28-16(14)22-19(27)21-10-12-7-6-8-13(20)9-12/h6-9H,4-5,10H2,1-3H3,(H2,21,22,27). The summed E-state index contributed by atoms with van der Waals surface area (Å²) in [6.07, 6.45) is 0. The van der Waals surface area contributed by atoms with Gasteiger partial charge >= 0.3 is 11.9 Å². The van der Waals surface area contributed by atoms with Crippen molar-refractivity contribution in [2.24, 2.45) is 0 Å². The molecule has 0 unspecified atom stereocenters. The highest BCUT2D eigenvalue weighted by molar-refractivity contribution is 7.80. The molecule has 0 spiro atoms. The van der Waals surface area contributed by atoms with Gasteiger partial charge in [-0.05, 0) is 56.2 Å². The number of anilines is 1. The summed E-state index contributed by atoms with van der Waals surface area (Å²) in [6, 6.07) is 7.39. The molecule has 0 bridgehead atoms. The molecular weight excluding hydrogens is 420 g/mol. The molecule has 0 aliphatic carbocycles. The first-order valence-corrected chi connectivity index (χ1v) is 10.2. The number of benzene rings is 1. The predicted octanol–water partition coefficient (Wildman–Crippen LogP) is 4.55. The number of esters is 2. The van der Waals surface area contributed by atoms with Gasteiger partial charge in [0, 0.05) is 11.6 Å². The lowest BCUT2D eigenvalue weighted by molar-refractivity contribution is 0.0527. The third-order valence-electron chi connectivity index (χ3n) is 3.66. The van der Waals surface area contributed by atoms with Crippen molar-refractivity contribution in [3.05, 3.63) is 50.9 Å². The summed E-state index contributed by atoms with van der Waals surface area (Å²) in [7, 11) is 0. The van der Waals surface area contributed by atoms with E-state index in [2.05, 4.69) is 10.6 Å². The van der Waals surface area contributed by atoms with Crippen LogP contribution in [-0.4, -0.2) is 30.3 Å². The molecule has 9 heteroatoms. The van der Waals surface area contributed by atoms with Gasteiger partial charge in [-0.1, -0.05) is 23.7 Å². The molecule has 0 saturated heterocycles. The van der Waals surface area contributed by atoms with Gasteiger partial charge in [0.15, 0.2) is 5.11 Å². The largest absolute Gasteiger partial charge is 0.462 e. The zero-order valence-corrected chi connectivity index (χ0v) is 18.1. The van der Waals surface area contributed by atoms with Crippen molar-refractivity contribution in [1.29, 1.82) is 0 Å². The van der Waals surface area contributed by atoms with Crippen LogP contribution >= 0.6 is 35.2 Å². The Labute approximate surface area is 178 Å². The molecule has 28 heavy (non-hydrogen) atoms. The second-order valence-corrected chi connectivity index (χ2v) is 7.50. The van der Waals surface area contributed by atoms with Crippen LogP contribution in [0, 0.1) is 6.92 Å². The van der Waals surface area contributed by atoms with Crippen LogP contribution < -0.4 is 10.6 Å². The summed E-state index contributed by atoms with van der Waals surface area (Å²) < 4.78 is 10.2. The van der Waals surface area contributed by atoms with Crippen molar-refractivity contribution in [2.45, 2.75) is 27.3 Å². The number of halogens is 1. The monoisotopic (exact) mass is 440 g/mol. The molecule has 1 aromatic heterocycles. The second-order valence-electron chi connectivity index (χ2n) is 5.64. The summed E-state index contributed by atoms with van der Waals surface area (Å²) in [4.78, 5) is 24.9. The minimum absolute atomic E-state index is 0.222. The van der Waals surface area contributed by atoms with E-state index in [-0.39, 0.29) is 18.8 Å². The highest BCUT2D eigenvalue weighted by Crippen LogP contribution is 2.34. The first-order valence-electron chi connectivity index (χ1n) is 8.64. The molecule has 1 aromatic carbocycles. The maximum absolute atomic E-state index is 12.4. The lowest BCUT2D eigenvalue weighted by Crippen LogP contribution is -2.28. The molecule has 6 nitrogen and oxygen atoms in total. The average molecular weight is 441 g/mol. The van der Waals surface area contributed by atoms with Gasteiger partial charge in [0.05, 0.1) is 18.8 Å². The van der Waals surface area contributed by atoms with E-state index < -0.39 is 11.9 Å². The zero-order chi connectivity index (χ0) is 20.7. The smallest absolute Gasteiger partial charge is 0.348 e. The van der Waals surface area contributed by atoms with Gasteiger partial charge in [-0.3, -0.25) is 0 Å². The molecule has 2 rings (SSSR count). The number of hydrogen-bond acceptors (Lipinski definition) is 6. The van der Waals surface area contributed by atoms with Crippen LogP contribution in [0.25, 0.3) is 0 Å². The Hall–Kier alpha value is -2.16. The molecule has 0 amide bonds. The van der Waals surface area contributed by atoms with Gasteiger partial charge in [0.25, 0.3) is 0 Å². The van der Waals surface area contributed by atoms with Gasteiger partial charge in [-0.25, -0.2) is 9.59 Å². The fraction of sp³-hybridized carbons (Fsp3) is 0.316. The van der Waals surface area contributed by atoms with E-state index in [1.54, 1.807) is 26.8 Å². The summed E-state index contributed by atoms with van der Waals surface area (Å²) in [5.41, 5.74) is 1.74. The molecule has 2 N–H and O–H groups in total. The van der Waals surface area contributed by atoms with E-state index in [0.717, 1.165) is 16.9 Å². The minimum Gasteiger partial charge on any atom is -0.462 e. The molecular formula is C19H21ClN2O4S2. The Morgan fingerprint density at radius 1 is 1.18 bits per heavy atom. The first kappa shape index (κ1) is 22.1. The molecule has 0 aliphatic rings. The van der Waals surface area contributed by atoms with Gasteiger partial charge < -0.3 is 20.1 Å². The lowest BCUT2D eigenvalue weighted by Gasteiger charge is -2.11. The van der Waals surface area contributed by atoms with Crippen molar-refractivity contribution in [2.75, 3.05) is 18.5 Å². The normalized spacial score (nSPS) is 10.3. The van der Waals surface area contributed by atoms with Crippen molar-refractivity contribution in [1.82, 2.24) is 5.32 Å². The van der Waals surface area contributed by atoms with Gasteiger partial charge in [-0.2, -0.15) is 0 Å². The molecule has 0 atom stereocenters. The maximum atomic E-state index is 12.4. The van der Waals surface area contributed by atoms with Crippen LogP contribution in [0.3, 0.4) is 0 Å². The Balaban J connectivity index is 2.19. The minimum atomic E-state index is -0.521. The molecule has 0 radical (unpaired) electrons. The maximum Gasteiger partial charge on any atom is 0.348 e. The number of carbonyl (C=O) groups is 2. The van der Waals surface area contributed by atoms with Crippen LogP contribution in [0.2, 0.25) is 5.02 Å². The molecule has 0 saturated carbocycles. The quantitative estimate of drug-likeness (QED) is 0.483. The average Bonchev–Trinajstić information content (AvgIpc) is 2.96. The highest BCUT2D eigenvalue weighted by atomic mass is 35.5. The number of thiocarbonyl (C=S) groups is 1. The third-order valence-corrected chi connectivity index (χ3v) is 5.33. The fourth-order valence-corrected chi connectivity index (χ4v) is 3.96. The Bertz CT molecular complexity index is 883. The van der Waals surface area contributed by atoms with Crippen molar-refractivity contribution in [3.8, 4) is 0 Å². The number of thiophene rings is 1. The summed E-state index contributed by atoms with van der Waals surface area (Å²) in [5.74, 6) is -1.01. The van der Waals surface area contributed by atoms with Crippen LogP contribution in [0.4, 0.5) is 5.00 Å². The third kappa shape index (κ3) is 5.67. The molecule has 150 valence electrons.